The number of thioether (sulfide) groups is 2. The summed E-state index contributed by atoms with van der Waals surface area (Å²) in [7, 11) is -3.15. The Morgan fingerprint density at radius 2 is 2.30 bits per heavy atom. The number of sulfone groups is 1. The number of nitrogen functional groups attached to an aromatic ring is 1. The van der Waals surface area contributed by atoms with Crippen molar-refractivity contribution in [2.24, 2.45) is 0 Å². The molecule has 2 rings (SSSR count). The minimum absolute atomic E-state index is 0.130. The van der Waals surface area contributed by atoms with E-state index >= 15 is 0 Å². The fraction of sp³-hybridized carbons (Fsp3) is 0.636. The highest BCUT2D eigenvalue weighted by atomic mass is 32.2. The lowest BCUT2D eigenvalue weighted by molar-refractivity contribution is 0.578. The summed E-state index contributed by atoms with van der Waals surface area (Å²) < 4.78 is 24.5. The molecule has 1 unspecified atom stereocenters. The summed E-state index contributed by atoms with van der Waals surface area (Å²) in [4.78, 5) is 10.3. The first-order chi connectivity index (χ1) is 9.47. The first kappa shape index (κ1) is 15.7. The third-order valence-electron chi connectivity index (χ3n) is 3.09. The highest BCUT2D eigenvalue weighted by Gasteiger charge is 2.34. The van der Waals surface area contributed by atoms with E-state index in [0.717, 1.165) is 5.75 Å². The standard InChI is InChI=1S/C11H18N4O2S3/c1-3-20(16,17)10-7-19-5-4-15(10)9-6-8(12)13-11(14-9)18-2/h6,10H,3-5,7H2,1-2H3,(H2,12,13,14). The molecule has 1 aromatic heterocycles. The number of hydrogen-bond donors (Lipinski definition) is 1. The molecule has 1 atom stereocenters. The average molecular weight is 334 g/mol. The third-order valence-corrected chi connectivity index (χ3v) is 6.93. The lowest BCUT2D eigenvalue weighted by Gasteiger charge is -2.35. The van der Waals surface area contributed by atoms with Crippen LogP contribution in [0.3, 0.4) is 0 Å². The van der Waals surface area contributed by atoms with Crippen molar-refractivity contribution in [3.63, 3.8) is 0 Å². The van der Waals surface area contributed by atoms with Gasteiger partial charge in [-0.3, -0.25) is 0 Å². The van der Waals surface area contributed by atoms with Crippen LogP contribution in [-0.4, -0.2) is 53.8 Å². The molecule has 0 bridgehead atoms. The molecule has 1 fully saturated rings. The monoisotopic (exact) mass is 334 g/mol. The van der Waals surface area contributed by atoms with Gasteiger partial charge in [0.15, 0.2) is 15.0 Å². The van der Waals surface area contributed by atoms with Crippen molar-refractivity contribution < 1.29 is 8.42 Å². The van der Waals surface area contributed by atoms with Gasteiger partial charge in [-0.05, 0) is 6.26 Å². The molecule has 6 nitrogen and oxygen atoms in total. The Kier molecular flexibility index (Phi) is 5.03. The van der Waals surface area contributed by atoms with Crippen LogP contribution in [0.2, 0.25) is 0 Å². The lowest BCUT2D eigenvalue weighted by Crippen LogP contribution is -2.48. The average Bonchev–Trinajstić information content (AvgIpc) is 2.46. The molecule has 112 valence electrons. The van der Waals surface area contributed by atoms with Gasteiger partial charge in [0.1, 0.15) is 17.0 Å². The molecule has 2 N–H and O–H groups in total. The van der Waals surface area contributed by atoms with Gasteiger partial charge in [-0.1, -0.05) is 18.7 Å². The molecule has 0 amide bonds. The van der Waals surface area contributed by atoms with Crippen molar-refractivity contribution >= 4 is 45.0 Å². The van der Waals surface area contributed by atoms with Crippen LogP contribution in [0.25, 0.3) is 0 Å². The van der Waals surface area contributed by atoms with E-state index in [1.54, 1.807) is 24.8 Å². The van der Waals surface area contributed by atoms with Crippen LogP contribution in [0.1, 0.15) is 6.92 Å². The van der Waals surface area contributed by atoms with E-state index in [2.05, 4.69) is 9.97 Å². The van der Waals surface area contributed by atoms with Gasteiger partial charge in [-0.2, -0.15) is 11.8 Å². The van der Waals surface area contributed by atoms with E-state index < -0.39 is 15.2 Å². The van der Waals surface area contributed by atoms with E-state index in [9.17, 15) is 8.42 Å². The Hall–Kier alpha value is -0.670. The van der Waals surface area contributed by atoms with Gasteiger partial charge in [0, 0.05) is 29.9 Å². The maximum Gasteiger partial charge on any atom is 0.191 e. The van der Waals surface area contributed by atoms with Gasteiger partial charge < -0.3 is 10.6 Å². The second kappa shape index (κ2) is 6.40. The molecule has 0 radical (unpaired) electrons. The smallest absolute Gasteiger partial charge is 0.191 e. The highest BCUT2D eigenvalue weighted by molar-refractivity contribution is 8.01. The quantitative estimate of drug-likeness (QED) is 0.647. The fourth-order valence-electron chi connectivity index (χ4n) is 2.00. The molecular formula is C11H18N4O2S3. The zero-order valence-electron chi connectivity index (χ0n) is 11.4. The maximum atomic E-state index is 12.2. The predicted molar refractivity (Wildman–Crippen MR) is 86.1 cm³/mol. The van der Waals surface area contributed by atoms with E-state index in [1.807, 2.05) is 11.2 Å². The van der Waals surface area contributed by atoms with Gasteiger partial charge in [0.05, 0.1) is 0 Å². The van der Waals surface area contributed by atoms with Gasteiger partial charge >= 0.3 is 0 Å². The summed E-state index contributed by atoms with van der Waals surface area (Å²) in [6, 6.07) is 1.65. The van der Waals surface area contributed by atoms with Crippen molar-refractivity contribution in [2.75, 3.05) is 40.7 Å². The van der Waals surface area contributed by atoms with Crippen LogP contribution in [0.15, 0.2) is 11.2 Å². The molecule has 9 heteroatoms. The third kappa shape index (κ3) is 3.32. The minimum atomic E-state index is -3.15. The van der Waals surface area contributed by atoms with Crippen LogP contribution < -0.4 is 10.6 Å². The number of hydrogen-bond acceptors (Lipinski definition) is 8. The van der Waals surface area contributed by atoms with Gasteiger partial charge in [-0.15, -0.1) is 0 Å². The summed E-state index contributed by atoms with van der Waals surface area (Å²) in [6.45, 7) is 2.33. The molecule has 20 heavy (non-hydrogen) atoms. The summed E-state index contributed by atoms with van der Waals surface area (Å²) in [5, 5.41) is 0.0288. The number of rotatable bonds is 4. The molecular weight excluding hydrogens is 316 g/mol. The summed E-state index contributed by atoms with van der Waals surface area (Å²) in [6.07, 6.45) is 1.87. The molecule has 1 aromatic rings. The molecule has 0 spiro atoms. The molecule has 2 heterocycles. The van der Waals surface area contributed by atoms with Crippen LogP contribution in [0.5, 0.6) is 0 Å². The van der Waals surface area contributed by atoms with Gasteiger partial charge in [-0.25, -0.2) is 18.4 Å². The lowest BCUT2D eigenvalue weighted by atomic mass is 10.4. The molecule has 1 saturated heterocycles. The first-order valence-corrected chi connectivity index (χ1v) is 10.3. The summed E-state index contributed by atoms with van der Waals surface area (Å²) >= 11 is 3.05. The predicted octanol–water partition coefficient (Wildman–Crippen LogP) is 1.09. The number of aromatic nitrogens is 2. The van der Waals surface area contributed by atoms with Crippen molar-refractivity contribution in [1.82, 2.24) is 9.97 Å². The SMILES string of the molecule is CCS(=O)(=O)C1CSCCN1c1cc(N)nc(SC)n1. The Balaban J connectivity index is 2.40. The van der Waals surface area contributed by atoms with E-state index in [-0.39, 0.29) is 5.75 Å². The van der Waals surface area contributed by atoms with Crippen molar-refractivity contribution in [3.8, 4) is 0 Å². The molecule has 0 aliphatic carbocycles. The fourth-order valence-corrected chi connectivity index (χ4v) is 5.36. The van der Waals surface area contributed by atoms with E-state index in [1.165, 1.54) is 11.8 Å². The number of nitrogens with two attached hydrogens (primary N) is 1. The topological polar surface area (TPSA) is 89.2 Å². The largest absolute Gasteiger partial charge is 0.383 e. The minimum Gasteiger partial charge on any atom is -0.383 e. The Morgan fingerprint density at radius 1 is 1.55 bits per heavy atom. The van der Waals surface area contributed by atoms with Crippen LogP contribution in [0, 0.1) is 0 Å². The maximum absolute atomic E-state index is 12.2. The Bertz CT molecular complexity index is 579. The molecule has 0 saturated carbocycles. The second-order valence-corrected chi connectivity index (χ2v) is 8.68. The normalized spacial score (nSPS) is 20.1. The van der Waals surface area contributed by atoms with Crippen molar-refractivity contribution in [1.29, 1.82) is 0 Å². The molecule has 0 aromatic carbocycles. The first-order valence-electron chi connectivity index (χ1n) is 6.22. The number of anilines is 2. The van der Waals surface area contributed by atoms with E-state index in [4.69, 9.17) is 5.73 Å². The van der Waals surface area contributed by atoms with Gasteiger partial charge in [0.25, 0.3) is 0 Å². The summed E-state index contributed by atoms with van der Waals surface area (Å²) in [5.74, 6) is 2.54. The van der Waals surface area contributed by atoms with Crippen LogP contribution in [0.4, 0.5) is 11.6 Å². The van der Waals surface area contributed by atoms with Gasteiger partial charge in [0.2, 0.25) is 0 Å². The zero-order chi connectivity index (χ0) is 14.8. The molecule has 1 aliphatic rings. The van der Waals surface area contributed by atoms with Crippen molar-refractivity contribution in [3.05, 3.63) is 6.07 Å². The highest BCUT2D eigenvalue weighted by Crippen LogP contribution is 2.28. The summed E-state index contributed by atoms with van der Waals surface area (Å²) in [5.41, 5.74) is 5.78. The molecule has 1 aliphatic heterocycles. The Labute approximate surface area is 127 Å². The Morgan fingerprint density at radius 3 is 2.95 bits per heavy atom. The van der Waals surface area contributed by atoms with Crippen LogP contribution >= 0.6 is 23.5 Å². The van der Waals surface area contributed by atoms with Crippen molar-refractivity contribution in [2.45, 2.75) is 17.5 Å². The number of nitrogens with zero attached hydrogens (tertiary/aromatic N) is 3. The van der Waals surface area contributed by atoms with Crippen LogP contribution in [-0.2, 0) is 9.84 Å². The van der Waals surface area contributed by atoms with E-state index in [0.29, 0.717) is 29.1 Å². The second-order valence-electron chi connectivity index (χ2n) is 4.31. The zero-order valence-corrected chi connectivity index (χ0v) is 13.9.